The SMILES string of the molecule is Cc1ccc(-n2nc3c(c2NC(=O)c2ccc4ccccc4c2)CS(=O)(=O)C3)c(C)c1. The number of carbonyl (C=O) groups is 1. The molecular formula is C24H21N3O3S. The highest BCUT2D eigenvalue weighted by molar-refractivity contribution is 7.90. The topological polar surface area (TPSA) is 81.1 Å². The first-order valence-corrected chi connectivity index (χ1v) is 11.8. The minimum atomic E-state index is -3.26. The number of carbonyl (C=O) groups excluding carboxylic acids is 1. The lowest BCUT2D eigenvalue weighted by Gasteiger charge is -2.14. The lowest BCUT2D eigenvalue weighted by molar-refractivity contribution is 0.102. The zero-order valence-electron chi connectivity index (χ0n) is 17.2. The second kappa shape index (κ2) is 7.06. The molecule has 1 aromatic heterocycles. The van der Waals surface area contributed by atoms with Gasteiger partial charge in [-0.3, -0.25) is 4.79 Å². The van der Waals surface area contributed by atoms with Crippen LogP contribution in [-0.4, -0.2) is 24.1 Å². The van der Waals surface area contributed by atoms with Crippen LogP contribution in [0.1, 0.15) is 32.7 Å². The minimum absolute atomic E-state index is 0.112. The predicted octanol–water partition coefficient (Wildman–Crippen LogP) is 4.32. The summed E-state index contributed by atoms with van der Waals surface area (Å²) in [6, 6.07) is 19.3. The van der Waals surface area contributed by atoms with Gasteiger partial charge in [0.25, 0.3) is 5.91 Å². The number of benzene rings is 3. The summed E-state index contributed by atoms with van der Waals surface area (Å²) >= 11 is 0. The van der Waals surface area contributed by atoms with Crippen molar-refractivity contribution in [2.24, 2.45) is 0 Å². The molecule has 0 bridgehead atoms. The number of aryl methyl sites for hydroxylation is 2. The summed E-state index contributed by atoms with van der Waals surface area (Å²) in [4.78, 5) is 13.1. The summed E-state index contributed by atoms with van der Waals surface area (Å²) < 4.78 is 26.1. The van der Waals surface area contributed by atoms with Gasteiger partial charge in [0.15, 0.2) is 9.84 Å². The molecule has 1 amide bonds. The number of nitrogens with one attached hydrogen (secondary N) is 1. The second-order valence-corrected chi connectivity index (χ2v) is 10.1. The van der Waals surface area contributed by atoms with Crippen molar-refractivity contribution in [1.29, 1.82) is 0 Å². The molecule has 0 unspecified atom stereocenters. The molecule has 0 aliphatic carbocycles. The molecule has 0 saturated carbocycles. The van der Waals surface area contributed by atoms with E-state index in [-0.39, 0.29) is 17.4 Å². The Morgan fingerprint density at radius 1 is 0.968 bits per heavy atom. The molecule has 6 nitrogen and oxygen atoms in total. The zero-order valence-corrected chi connectivity index (χ0v) is 18.0. The van der Waals surface area contributed by atoms with Crippen LogP contribution in [0.25, 0.3) is 16.5 Å². The van der Waals surface area contributed by atoms with Crippen LogP contribution < -0.4 is 5.32 Å². The molecule has 0 saturated heterocycles. The standard InChI is InChI=1S/C24H21N3O3S/c1-15-7-10-22(16(2)11-15)27-23(20-13-31(29,30)14-21(20)26-27)25-24(28)19-9-8-17-5-3-4-6-18(17)12-19/h3-12H,13-14H2,1-2H3,(H,25,28). The number of hydrogen-bond donors (Lipinski definition) is 1. The van der Waals surface area contributed by atoms with E-state index in [1.807, 2.05) is 68.4 Å². The Hall–Kier alpha value is -3.45. The lowest BCUT2D eigenvalue weighted by Crippen LogP contribution is -2.17. The van der Waals surface area contributed by atoms with E-state index in [2.05, 4.69) is 10.4 Å². The van der Waals surface area contributed by atoms with E-state index in [1.54, 1.807) is 10.7 Å². The third kappa shape index (κ3) is 3.51. The summed E-state index contributed by atoms with van der Waals surface area (Å²) in [6.45, 7) is 3.98. The van der Waals surface area contributed by atoms with Crippen LogP contribution in [0.5, 0.6) is 0 Å². The molecule has 7 heteroatoms. The van der Waals surface area contributed by atoms with Gasteiger partial charge in [0.2, 0.25) is 0 Å². The number of anilines is 1. The van der Waals surface area contributed by atoms with Crippen LogP contribution in [0.3, 0.4) is 0 Å². The Kier molecular flexibility index (Phi) is 4.44. The van der Waals surface area contributed by atoms with Crippen molar-refractivity contribution in [3.63, 3.8) is 0 Å². The average molecular weight is 432 g/mol. The van der Waals surface area contributed by atoms with E-state index < -0.39 is 9.84 Å². The first-order valence-electron chi connectivity index (χ1n) is 10.00. The average Bonchev–Trinajstić information content (AvgIpc) is 3.20. The molecule has 0 fully saturated rings. The van der Waals surface area contributed by atoms with Crippen molar-refractivity contribution in [2.45, 2.75) is 25.4 Å². The minimum Gasteiger partial charge on any atom is -0.306 e. The fourth-order valence-corrected chi connectivity index (χ4v) is 5.59. The van der Waals surface area contributed by atoms with Gasteiger partial charge >= 0.3 is 0 Å². The maximum Gasteiger partial charge on any atom is 0.256 e. The van der Waals surface area contributed by atoms with E-state index in [4.69, 9.17) is 0 Å². The fourth-order valence-electron chi connectivity index (χ4n) is 4.10. The number of sulfone groups is 1. The lowest BCUT2D eigenvalue weighted by atomic mass is 10.1. The summed E-state index contributed by atoms with van der Waals surface area (Å²) in [5.74, 6) is -0.121. The number of rotatable bonds is 3. The van der Waals surface area contributed by atoms with Crippen molar-refractivity contribution >= 4 is 32.3 Å². The van der Waals surface area contributed by atoms with Gasteiger partial charge in [-0.05, 0) is 48.4 Å². The van der Waals surface area contributed by atoms with Gasteiger partial charge < -0.3 is 5.32 Å². The molecule has 3 aromatic carbocycles. The van der Waals surface area contributed by atoms with Crippen molar-refractivity contribution < 1.29 is 13.2 Å². The van der Waals surface area contributed by atoms with Crippen molar-refractivity contribution in [3.05, 3.63) is 88.6 Å². The molecule has 0 atom stereocenters. The van der Waals surface area contributed by atoms with Gasteiger partial charge in [-0.25, -0.2) is 13.1 Å². The normalized spacial score (nSPS) is 14.5. The Bertz CT molecular complexity index is 1470. The number of fused-ring (bicyclic) bond motifs is 2. The first-order chi connectivity index (χ1) is 14.8. The number of aromatic nitrogens is 2. The maximum atomic E-state index is 13.1. The van der Waals surface area contributed by atoms with Gasteiger partial charge in [-0.1, -0.05) is 48.0 Å². The predicted molar refractivity (Wildman–Crippen MR) is 121 cm³/mol. The molecule has 156 valence electrons. The molecular weight excluding hydrogens is 410 g/mol. The van der Waals surface area contributed by atoms with E-state index >= 15 is 0 Å². The van der Waals surface area contributed by atoms with E-state index in [0.717, 1.165) is 27.6 Å². The quantitative estimate of drug-likeness (QED) is 0.524. The van der Waals surface area contributed by atoms with Crippen LogP contribution in [0.15, 0.2) is 60.7 Å². The third-order valence-electron chi connectivity index (χ3n) is 5.61. The van der Waals surface area contributed by atoms with Gasteiger partial charge in [0.1, 0.15) is 5.82 Å². The first kappa shape index (κ1) is 19.5. The maximum absolute atomic E-state index is 13.1. The highest BCUT2D eigenvalue weighted by atomic mass is 32.2. The summed E-state index contributed by atoms with van der Waals surface area (Å²) in [7, 11) is -3.26. The zero-order chi connectivity index (χ0) is 21.8. The van der Waals surface area contributed by atoms with Crippen molar-refractivity contribution in [1.82, 2.24) is 9.78 Å². The van der Waals surface area contributed by atoms with Crippen LogP contribution in [0, 0.1) is 13.8 Å². The largest absolute Gasteiger partial charge is 0.306 e. The smallest absolute Gasteiger partial charge is 0.256 e. The van der Waals surface area contributed by atoms with Gasteiger partial charge in [-0.15, -0.1) is 0 Å². The molecule has 4 aromatic rings. The summed E-state index contributed by atoms with van der Waals surface area (Å²) in [5.41, 5.74) is 4.48. The van der Waals surface area contributed by atoms with Gasteiger partial charge in [0, 0.05) is 11.1 Å². The van der Waals surface area contributed by atoms with E-state index in [9.17, 15) is 13.2 Å². The van der Waals surface area contributed by atoms with Crippen LogP contribution in [-0.2, 0) is 21.3 Å². The Labute approximate surface area is 180 Å². The van der Waals surface area contributed by atoms with Crippen LogP contribution in [0.4, 0.5) is 5.82 Å². The Morgan fingerprint density at radius 3 is 2.52 bits per heavy atom. The highest BCUT2D eigenvalue weighted by Gasteiger charge is 2.33. The summed E-state index contributed by atoms with van der Waals surface area (Å²) in [6.07, 6.45) is 0. The molecule has 5 rings (SSSR count). The second-order valence-electron chi connectivity index (χ2n) is 8.02. The fraction of sp³-hybridized carbons (Fsp3) is 0.167. The van der Waals surface area contributed by atoms with Crippen molar-refractivity contribution in [2.75, 3.05) is 5.32 Å². The summed E-state index contributed by atoms with van der Waals surface area (Å²) in [5, 5.41) is 9.52. The highest BCUT2D eigenvalue weighted by Crippen LogP contribution is 2.34. The van der Waals surface area contributed by atoms with Gasteiger partial charge in [0.05, 0.1) is 22.9 Å². The number of nitrogens with zero attached hydrogens (tertiary/aromatic N) is 2. The molecule has 0 radical (unpaired) electrons. The van der Waals surface area contributed by atoms with Gasteiger partial charge in [-0.2, -0.15) is 5.10 Å². The van der Waals surface area contributed by atoms with E-state index in [1.165, 1.54) is 0 Å². The molecule has 1 aliphatic heterocycles. The van der Waals surface area contributed by atoms with Crippen LogP contribution >= 0.6 is 0 Å². The number of hydrogen-bond acceptors (Lipinski definition) is 4. The van der Waals surface area contributed by atoms with E-state index in [0.29, 0.717) is 22.6 Å². The molecule has 31 heavy (non-hydrogen) atoms. The molecule has 1 aliphatic rings. The third-order valence-corrected chi connectivity index (χ3v) is 7.05. The van der Waals surface area contributed by atoms with Crippen molar-refractivity contribution in [3.8, 4) is 5.69 Å². The molecule has 0 spiro atoms. The van der Waals surface area contributed by atoms with Crippen LogP contribution in [0.2, 0.25) is 0 Å². The molecule has 2 heterocycles. The molecule has 1 N–H and O–H groups in total. The number of amides is 1. The Balaban J connectivity index is 1.59. The Morgan fingerprint density at radius 2 is 1.74 bits per heavy atom. The monoisotopic (exact) mass is 431 g/mol.